The summed E-state index contributed by atoms with van der Waals surface area (Å²) < 4.78 is 15.2. The molecule has 0 saturated carbocycles. The first-order valence-corrected chi connectivity index (χ1v) is 5.27. The average Bonchev–Trinajstić information content (AvgIpc) is 2.76. The zero-order valence-electron chi connectivity index (χ0n) is 8.97. The molecule has 0 radical (unpaired) electrons. The van der Waals surface area contributed by atoms with E-state index >= 15 is 0 Å². The molecule has 3 nitrogen and oxygen atoms in total. The van der Waals surface area contributed by atoms with E-state index in [1.165, 1.54) is 6.20 Å². The molecule has 4 heteroatoms. The highest BCUT2D eigenvalue weighted by atomic mass is 19.1. The molecule has 0 unspecified atom stereocenters. The second kappa shape index (κ2) is 3.90. The van der Waals surface area contributed by atoms with E-state index in [-0.39, 0.29) is 5.82 Å². The summed E-state index contributed by atoms with van der Waals surface area (Å²) in [5.41, 5.74) is 4.40. The average molecular weight is 227 g/mol. The Morgan fingerprint density at radius 3 is 2.88 bits per heavy atom. The number of benzene rings is 1. The molecule has 0 spiro atoms. The van der Waals surface area contributed by atoms with Crippen molar-refractivity contribution in [3.63, 3.8) is 0 Å². The third-order valence-corrected chi connectivity index (χ3v) is 2.61. The number of fused-ring (bicyclic) bond motifs is 1. The number of rotatable bonds is 2. The fraction of sp³-hybridized carbons (Fsp3) is 0. The van der Waals surface area contributed by atoms with Gasteiger partial charge in [0.25, 0.3) is 0 Å². The summed E-state index contributed by atoms with van der Waals surface area (Å²) in [6.07, 6.45) is 4.61. The third kappa shape index (κ3) is 1.73. The molecule has 84 valence electrons. The summed E-state index contributed by atoms with van der Waals surface area (Å²) in [6, 6.07) is 11.5. The van der Waals surface area contributed by atoms with E-state index in [9.17, 15) is 4.39 Å². The largest absolute Gasteiger partial charge is 0.291 e. The Morgan fingerprint density at radius 1 is 1.12 bits per heavy atom. The van der Waals surface area contributed by atoms with Gasteiger partial charge in [-0.25, -0.2) is 4.39 Å². The highest BCUT2D eigenvalue weighted by Gasteiger charge is 2.03. The molecule has 0 atom stereocenters. The molecule has 0 amide bonds. The monoisotopic (exact) mass is 227 g/mol. The molecule has 0 saturated heterocycles. The van der Waals surface area contributed by atoms with Crippen LogP contribution >= 0.6 is 0 Å². The van der Waals surface area contributed by atoms with Crippen LogP contribution in [0.3, 0.4) is 0 Å². The quantitative estimate of drug-likeness (QED) is 0.729. The lowest BCUT2D eigenvalue weighted by atomic mass is 10.3. The molecule has 0 aliphatic rings. The number of nitrogens with one attached hydrogen (secondary N) is 1. The highest BCUT2D eigenvalue weighted by Crippen LogP contribution is 2.17. The Hall–Kier alpha value is -2.36. The summed E-state index contributed by atoms with van der Waals surface area (Å²) in [5, 5.41) is 1.11. The SMILES string of the molecule is Fc1cnccc1Nn1ccc2ccccc21. The zero-order valence-corrected chi connectivity index (χ0v) is 8.97. The van der Waals surface area contributed by atoms with Crippen molar-refractivity contribution < 1.29 is 4.39 Å². The fourth-order valence-electron chi connectivity index (χ4n) is 1.78. The molecule has 0 fully saturated rings. The van der Waals surface area contributed by atoms with Crippen molar-refractivity contribution in [2.75, 3.05) is 5.43 Å². The van der Waals surface area contributed by atoms with E-state index in [0.717, 1.165) is 10.9 Å². The lowest BCUT2D eigenvalue weighted by Crippen LogP contribution is -2.08. The van der Waals surface area contributed by atoms with E-state index in [1.807, 2.05) is 36.5 Å². The smallest absolute Gasteiger partial charge is 0.166 e. The van der Waals surface area contributed by atoms with Crippen LogP contribution in [0.1, 0.15) is 0 Å². The van der Waals surface area contributed by atoms with Gasteiger partial charge < -0.3 is 0 Å². The maximum atomic E-state index is 13.4. The minimum absolute atomic E-state index is 0.370. The van der Waals surface area contributed by atoms with E-state index in [0.29, 0.717) is 5.69 Å². The topological polar surface area (TPSA) is 29.9 Å². The first kappa shape index (κ1) is 9.84. The molecular formula is C13H10FN3. The Labute approximate surface area is 97.5 Å². The fourth-order valence-corrected chi connectivity index (χ4v) is 1.78. The maximum Gasteiger partial charge on any atom is 0.166 e. The van der Waals surface area contributed by atoms with E-state index < -0.39 is 0 Å². The molecule has 2 heterocycles. The third-order valence-electron chi connectivity index (χ3n) is 2.61. The summed E-state index contributed by atoms with van der Waals surface area (Å²) in [6.45, 7) is 0. The van der Waals surface area contributed by atoms with Gasteiger partial charge in [0.15, 0.2) is 5.82 Å². The van der Waals surface area contributed by atoms with E-state index in [1.54, 1.807) is 16.9 Å². The first-order chi connectivity index (χ1) is 8.34. The standard InChI is InChI=1S/C13H10FN3/c14-11-9-15-7-5-12(11)16-17-8-6-10-3-1-2-4-13(10)17/h1-9H,(H,15,16). The highest BCUT2D eigenvalue weighted by molar-refractivity contribution is 5.80. The van der Waals surface area contributed by atoms with Gasteiger partial charge in [-0.05, 0) is 18.2 Å². The van der Waals surface area contributed by atoms with Crippen molar-refractivity contribution >= 4 is 16.6 Å². The van der Waals surface area contributed by atoms with Crippen LogP contribution in [0, 0.1) is 5.82 Å². The van der Waals surface area contributed by atoms with Gasteiger partial charge in [0.05, 0.1) is 17.4 Å². The van der Waals surface area contributed by atoms with Gasteiger partial charge in [-0.15, -0.1) is 0 Å². The van der Waals surface area contributed by atoms with Crippen molar-refractivity contribution in [2.45, 2.75) is 0 Å². The van der Waals surface area contributed by atoms with Gasteiger partial charge in [0.2, 0.25) is 0 Å². The number of nitrogens with zero attached hydrogens (tertiary/aromatic N) is 2. The van der Waals surface area contributed by atoms with Crippen molar-refractivity contribution in [1.82, 2.24) is 9.66 Å². The van der Waals surface area contributed by atoms with Crippen molar-refractivity contribution in [1.29, 1.82) is 0 Å². The van der Waals surface area contributed by atoms with Gasteiger partial charge >= 0.3 is 0 Å². The number of aromatic nitrogens is 2. The second-order valence-electron chi connectivity index (χ2n) is 3.71. The van der Waals surface area contributed by atoms with Crippen LogP contribution in [0.4, 0.5) is 10.1 Å². The Kier molecular flexibility index (Phi) is 2.26. The summed E-state index contributed by atoms with van der Waals surface area (Å²) in [5.74, 6) is -0.370. The molecule has 3 rings (SSSR count). The van der Waals surface area contributed by atoms with Crippen LogP contribution in [0.15, 0.2) is 55.0 Å². The van der Waals surface area contributed by atoms with Crippen LogP contribution in [0.25, 0.3) is 10.9 Å². The van der Waals surface area contributed by atoms with Gasteiger partial charge in [-0.1, -0.05) is 18.2 Å². The van der Waals surface area contributed by atoms with Crippen LogP contribution in [-0.4, -0.2) is 9.66 Å². The minimum Gasteiger partial charge on any atom is -0.291 e. The molecule has 3 aromatic rings. The normalized spacial score (nSPS) is 10.6. The van der Waals surface area contributed by atoms with Gasteiger partial charge in [-0.2, -0.15) is 0 Å². The minimum atomic E-state index is -0.370. The second-order valence-corrected chi connectivity index (χ2v) is 3.71. The number of hydrogen-bond donors (Lipinski definition) is 1. The Bertz CT molecular complexity index is 660. The lowest BCUT2D eigenvalue weighted by molar-refractivity contribution is 0.622. The van der Waals surface area contributed by atoms with Gasteiger partial charge in [0.1, 0.15) is 0 Å². The summed E-state index contributed by atoms with van der Waals surface area (Å²) in [4.78, 5) is 3.71. The van der Waals surface area contributed by atoms with Crippen molar-refractivity contribution in [3.05, 3.63) is 60.8 Å². The number of para-hydroxylation sites is 1. The van der Waals surface area contributed by atoms with Crippen LogP contribution in [0.2, 0.25) is 0 Å². The van der Waals surface area contributed by atoms with E-state index in [2.05, 4.69) is 10.4 Å². The molecule has 1 aromatic carbocycles. The predicted octanol–water partition coefficient (Wildman–Crippen LogP) is 3.05. The lowest BCUT2D eigenvalue weighted by Gasteiger charge is -2.09. The molecular weight excluding hydrogens is 217 g/mol. The number of hydrogen-bond acceptors (Lipinski definition) is 2. The molecule has 17 heavy (non-hydrogen) atoms. The van der Waals surface area contributed by atoms with E-state index in [4.69, 9.17) is 0 Å². The summed E-state index contributed by atoms with van der Waals surface area (Å²) in [7, 11) is 0. The van der Waals surface area contributed by atoms with Gasteiger partial charge in [0, 0.05) is 17.8 Å². The summed E-state index contributed by atoms with van der Waals surface area (Å²) >= 11 is 0. The predicted molar refractivity (Wildman–Crippen MR) is 65.2 cm³/mol. The number of pyridine rings is 1. The van der Waals surface area contributed by atoms with Crippen LogP contribution in [0.5, 0.6) is 0 Å². The zero-order chi connectivity index (χ0) is 11.7. The Morgan fingerprint density at radius 2 is 2.00 bits per heavy atom. The maximum absolute atomic E-state index is 13.4. The first-order valence-electron chi connectivity index (χ1n) is 5.27. The number of anilines is 1. The Balaban J connectivity index is 2.03. The number of halogens is 1. The van der Waals surface area contributed by atoms with Crippen LogP contribution < -0.4 is 5.43 Å². The molecule has 0 aliphatic carbocycles. The molecule has 0 aliphatic heterocycles. The van der Waals surface area contributed by atoms with Crippen molar-refractivity contribution in [2.24, 2.45) is 0 Å². The van der Waals surface area contributed by atoms with Crippen LogP contribution in [-0.2, 0) is 0 Å². The molecule has 2 aromatic heterocycles. The molecule has 1 N–H and O–H groups in total. The molecule has 0 bridgehead atoms. The van der Waals surface area contributed by atoms with Gasteiger partial charge in [-0.3, -0.25) is 15.1 Å². The van der Waals surface area contributed by atoms with Crippen molar-refractivity contribution in [3.8, 4) is 0 Å².